The second-order valence-electron chi connectivity index (χ2n) is 8.31. The Morgan fingerprint density at radius 2 is 1.84 bits per heavy atom. The molecule has 4 N–H and O–H groups in total. The van der Waals surface area contributed by atoms with Crippen LogP contribution in [0.25, 0.3) is 22.8 Å². The number of hydrogen-bond acceptors (Lipinski definition) is 7. The average Bonchev–Trinajstić information content (AvgIpc) is 3.16. The number of nitrogens with zero attached hydrogens (tertiary/aromatic N) is 3. The number of fused-ring (bicyclic) bond motifs is 1. The number of ether oxygens (including phenoxy) is 1. The highest BCUT2D eigenvalue weighted by molar-refractivity contribution is 5.67. The van der Waals surface area contributed by atoms with Crippen molar-refractivity contribution in [1.29, 1.82) is 0 Å². The maximum atomic E-state index is 6.13. The fraction of sp³-hybridized carbons (Fsp3) is 0.417. The van der Waals surface area contributed by atoms with Crippen LogP contribution in [0.2, 0.25) is 0 Å². The Bertz CT molecular complexity index is 1030. The van der Waals surface area contributed by atoms with Gasteiger partial charge in [-0.3, -0.25) is 0 Å². The van der Waals surface area contributed by atoms with Crippen molar-refractivity contribution in [1.82, 2.24) is 15.0 Å². The molecule has 0 aliphatic carbocycles. The van der Waals surface area contributed by atoms with Gasteiger partial charge >= 0.3 is 0 Å². The highest BCUT2D eigenvalue weighted by atomic mass is 16.5. The number of benzene rings is 2. The summed E-state index contributed by atoms with van der Waals surface area (Å²) in [6, 6.07) is 12.0. The van der Waals surface area contributed by atoms with E-state index in [9.17, 15) is 0 Å². The molecule has 7 nitrogen and oxygen atoms in total. The van der Waals surface area contributed by atoms with E-state index in [0.29, 0.717) is 23.2 Å². The van der Waals surface area contributed by atoms with Gasteiger partial charge in [0.25, 0.3) is 5.89 Å². The highest BCUT2D eigenvalue weighted by Crippen LogP contribution is 2.30. The van der Waals surface area contributed by atoms with E-state index >= 15 is 0 Å². The molecule has 2 aromatic carbocycles. The van der Waals surface area contributed by atoms with E-state index in [1.165, 1.54) is 11.1 Å². The minimum absolute atomic E-state index is 0.0594. The van der Waals surface area contributed by atoms with Crippen molar-refractivity contribution >= 4 is 5.69 Å². The van der Waals surface area contributed by atoms with E-state index in [1.807, 2.05) is 32.0 Å². The van der Waals surface area contributed by atoms with Gasteiger partial charge in [-0.25, -0.2) is 0 Å². The first-order chi connectivity index (χ1) is 15.0. The highest BCUT2D eigenvalue weighted by Gasteiger charge is 2.17. The predicted octanol–water partition coefficient (Wildman–Crippen LogP) is 3.52. The summed E-state index contributed by atoms with van der Waals surface area (Å²) < 4.78 is 11.2. The van der Waals surface area contributed by atoms with Gasteiger partial charge in [0.2, 0.25) is 5.82 Å². The molecule has 164 valence electrons. The molecule has 0 unspecified atom stereocenters. The standard InChI is InChI=1S/C24H31N5O2/c1-16(2)30-22-7-6-20(15-21(22)26)24-27-23(28-31-24)19-5-4-17-8-12-29(11-3-10-25)13-9-18(17)14-19/h4-7,14-16H,3,8-13,25-26H2,1-2H3. The predicted molar refractivity (Wildman–Crippen MR) is 123 cm³/mol. The molecule has 7 heteroatoms. The monoisotopic (exact) mass is 421 g/mol. The molecule has 2 heterocycles. The molecular formula is C24H31N5O2. The quantitative estimate of drug-likeness (QED) is 0.563. The van der Waals surface area contributed by atoms with Crippen LogP contribution in [-0.2, 0) is 12.8 Å². The third-order valence-electron chi connectivity index (χ3n) is 5.58. The first-order valence-corrected chi connectivity index (χ1v) is 11.0. The second kappa shape index (κ2) is 9.49. The molecule has 0 fully saturated rings. The van der Waals surface area contributed by atoms with Gasteiger partial charge < -0.3 is 25.6 Å². The third-order valence-corrected chi connectivity index (χ3v) is 5.58. The number of anilines is 1. The molecular weight excluding hydrogens is 390 g/mol. The molecule has 0 spiro atoms. The Labute approximate surface area is 183 Å². The van der Waals surface area contributed by atoms with Crippen molar-refractivity contribution in [2.75, 3.05) is 31.9 Å². The number of rotatable bonds is 7. The lowest BCUT2D eigenvalue weighted by atomic mass is 10.00. The van der Waals surface area contributed by atoms with E-state index in [1.54, 1.807) is 0 Å². The van der Waals surface area contributed by atoms with E-state index in [2.05, 4.69) is 33.2 Å². The van der Waals surface area contributed by atoms with Gasteiger partial charge in [-0.2, -0.15) is 4.98 Å². The Balaban J connectivity index is 1.51. The van der Waals surface area contributed by atoms with Gasteiger partial charge in [0.1, 0.15) is 5.75 Å². The molecule has 0 atom stereocenters. The van der Waals surface area contributed by atoms with Crippen LogP contribution >= 0.6 is 0 Å². The third kappa shape index (κ3) is 5.06. The first kappa shape index (κ1) is 21.3. The minimum Gasteiger partial charge on any atom is -0.489 e. The van der Waals surface area contributed by atoms with Crippen LogP contribution in [0.15, 0.2) is 40.9 Å². The Kier molecular flexibility index (Phi) is 6.53. The summed E-state index contributed by atoms with van der Waals surface area (Å²) in [6.07, 6.45) is 3.18. The summed E-state index contributed by atoms with van der Waals surface area (Å²) in [5.74, 6) is 1.69. The van der Waals surface area contributed by atoms with Crippen LogP contribution in [0.1, 0.15) is 31.4 Å². The van der Waals surface area contributed by atoms with Crippen LogP contribution in [0.4, 0.5) is 5.69 Å². The second-order valence-corrected chi connectivity index (χ2v) is 8.31. The maximum absolute atomic E-state index is 6.13. The van der Waals surface area contributed by atoms with Crippen LogP contribution in [0, 0.1) is 0 Å². The number of aromatic nitrogens is 2. The van der Waals surface area contributed by atoms with Gasteiger partial charge in [-0.1, -0.05) is 17.3 Å². The van der Waals surface area contributed by atoms with Crippen molar-refractivity contribution in [3.63, 3.8) is 0 Å². The fourth-order valence-corrected chi connectivity index (χ4v) is 3.95. The molecule has 0 amide bonds. The summed E-state index contributed by atoms with van der Waals surface area (Å²) in [4.78, 5) is 7.11. The van der Waals surface area contributed by atoms with E-state index in [0.717, 1.165) is 56.6 Å². The molecule has 1 aliphatic rings. The lowest BCUT2D eigenvalue weighted by molar-refractivity contribution is 0.244. The normalized spacial score (nSPS) is 14.5. The summed E-state index contributed by atoms with van der Waals surface area (Å²) in [7, 11) is 0. The van der Waals surface area contributed by atoms with Crippen molar-refractivity contribution in [2.24, 2.45) is 5.73 Å². The van der Waals surface area contributed by atoms with Crippen LogP contribution in [-0.4, -0.2) is 47.3 Å². The first-order valence-electron chi connectivity index (χ1n) is 11.0. The molecule has 0 radical (unpaired) electrons. The maximum Gasteiger partial charge on any atom is 0.258 e. The largest absolute Gasteiger partial charge is 0.489 e. The molecule has 4 rings (SSSR count). The smallest absolute Gasteiger partial charge is 0.258 e. The van der Waals surface area contributed by atoms with E-state index in [4.69, 9.17) is 20.7 Å². The lowest BCUT2D eigenvalue weighted by Crippen LogP contribution is -2.28. The fourth-order valence-electron chi connectivity index (χ4n) is 3.95. The zero-order valence-electron chi connectivity index (χ0n) is 18.3. The summed E-state index contributed by atoms with van der Waals surface area (Å²) in [5, 5.41) is 4.21. The Hall–Kier alpha value is -2.90. The zero-order chi connectivity index (χ0) is 21.8. The van der Waals surface area contributed by atoms with Crippen molar-refractivity contribution in [3.05, 3.63) is 47.5 Å². The lowest BCUT2D eigenvalue weighted by Gasteiger charge is -2.18. The van der Waals surface area contributed by atoms with Gasteiger partial charge in [-0.15, -0.1) is 0 Å². The molecule has 3 aromatic rings. The molecule has 0 saturated carbocycles. The van der Waals surface area contributed by atoms with Crippen LogP contribution in [0.5, 0.6) is 5.75 Å². The SMILES string of the molecule is CC(C)Oc1ccc(-c2nc(-c3ccc4c(c3)CCN(CCCN)CC4)no2)cc1N. The number of nitrogen functional groups attached to an aromatic ring is 1. The van der Waals surface area contributed by atoms with Crippen LogP contribution in [0.3, 0.4) is 0 Å². The number of nitrogens with two attached hydrogens (primary N) is 2. The van der Waals surface area contributed by atoms with Gasteiger partial charge in [0, 0.05) is 24.2 Å². The van der Waals surface area contributed by atoms with Gasteiger partial charge in [-0.05, 0) is 81.6 Å². The summed E-state index contributed by atoms with van der Waals surface area (Å²) in [6.45, 7) is 7.88. The van der Waals surface area contributed by atoms with Gasteiger partial charge in [0.15, 0.2) is 0 Å². The van der Waals surface area contributed by atoms with Crippen LogP contribution < -0.4 is 16.2 Å². The minimum atomic E-state index is 0.0594. The van der Waals surface area contributed by atoms with Crippen molar-refractivity contribution in [3.8, 4) is 28.6 Å². The Morgan fingerprint density at radius 3 is 2.58 bits per heavy atom. The Morgan fingerprint density at radius 1 is 1.06 bits per heavy atom. The topological polar surface area (TPSA) is 103 Å². The van der Waals surface area contributed by atoms with E-state index < -0.39 is 0 Å². The average molecular weight is 422 g/mol. The zero-order valence-corrected chi connectivity index (χ0v) is 18.3. The van der Waals surface area contributed by atoms with Crippen molar-refractivity contribution in [2.45, 2.75) is 39.2 Å². The number of hydrogen-bond donors (Lipinski definition) is 2. The van der Waals surface area contributed by atoms with Gasteiger partial charge in [0.05, 0.1) is 11.8 Å². The summed E-state index contributed by atoms with van der Waals surface area (Å²) >= 11 is 0. The molecule has 1 aliphatic heterocycles. The molecule has 31 heavy (non-hydrogen) atoms. The van der Waals surface area contributed by atoms with E-state index in [-0.39, 0.29) is 6.10 Å². The van der Waals surface area contributed by atoms with Crippen molar-refractivity contribution < 1.29 is 9.26 Å². The summed E-state index contributed by atoms with van der Waals surface area (Å²) in [5.41, 5.74) is 16.9. The molecule has 0 saturated heterocycles. The molecule has 1 aromatic heterocycles. The molecule has 0 bridgehead atoms.